The number of carbonyl (C=O) groups excluding carboxylic acids is 3. The second-order valence-corrected chi connectivity index (χ2v) is 7.43. The summed E-state index contributed by atoms with van der Waals surface area (Å²) >= 11 is 1.22. The molecule has 1 heterocycles. The normalized spacial score (nSPS) is 11.6. The topological polar surface area (TPSA) is 97.4 Å². The molecule has 8 heteroatoms. The molecule has 0 bridgehead atoms. The summed E-state index contributed by atoms with van der Waals surface area (Å²) in [4.78, 5) is 40.9. The number of carbonyl (C=O) groups is 3. The summed E-state index contributed by atoms with van der Waals surface area (Å²) in [6, 6.07) is 5.70. The van der Waals surface area contributed by atoms with Gasteiger partial charge in [0.15, 0.2) is 6.10 Å². The highest BCUT2D eigenvalue weighted by Crippen LogP contribution is 2.20. The number of thiazole rings is 1. The first-order valence-corrected chi connectivity index (χ1v) is 9.29. The molecule has 0 aliphatic carbocycles. The van der Waals surface area contributed by atoms with Gasteiger partial charge >= 0.3 is 5.97 Å². The summed E-state index contributed by atoms with van der Waals surface area (Å²) in [6.07, 6.45) is -1.02. The van der Waals surface area contributed by atoms with E-state index in [0.29, 0.717) is 10.6 Å². The van der Waals surface area contributed by atoms with Gasteiger partial charge in [-0.1, -0.05) is 18.2 Å². The second kappa shape index (κ2) is 8.77. The van der Waals surface area contributed by atoms with Gasteiger partial charge in [-0.2, -0.15) is 0 Å². The predicted octanol–water partition coefficient (Wildman–Crippen LogP) is 2.68. The van der Waals surface area contributed by atoms with Crippen molar-refractivity contribution in [3.8, 4) is 0 Å². The van der Waals surface area contributed by atoms with Crippen LogP contribution in [0.3, 0.4) is 0 Å². The summed E-state index contributed by atoms with van der Waals surface area (Å²) in [5.41, 5.74) is 3.18. The van der Waals surface area contributed by atoms with Crippen LogP contribution in [0.15, 0.2) is 18.2 Å². The first kappa shape index (κ1) is 20.6. The maximum absolute atomic E-state index is 12.1. The number of benzene rings is 1. The molecular weight excluding hydrogens is 366 g/mol. The summed E-state index contributed by atoms with van der Waals surface area (Å²) in [6.45, 7) is 8.53. The highest BCUT2D eigenvalue weighted by atomic mass is 32.1. The van der Waals surface area contributed by atoms with Crippen LogP contribution in [0.5, 0.6) is 0 Å². The summed E-state index contributed by atoms with van der Waals surface area (Å²) in [7, 11) is 0. The van der Waals surface area contributed by atoms with Crippen LogP contribution in [-0.2, 0) is 14.3 Å². The molecule has 144 valence electrons. The van der Waals surface area contributed by atoms with Gasteiger partial charge in [-0.05, 0) is 45.7 Å². The summed E-state index contributed by atoms with van der Waals surface area (Å²) < 4.78 is 5.17. The Labute approximate surface area is 162 Å². The van der Waals surface area contributed by atoms with Crippen LogP contribution in [0.2, 0.25) is 0 Å². The van der Waals surface area contributed by atoms with E-state index in [0.717, 1.165) is 21.8 Å². The lowest BCUT2D eigenvalue weighted by Crippen LogP contribution is -2.40. The van der Waals surface area contributed by atoms with Crippen LogP contribution in [0.4, 0.5) is 5.69 Å². The van der Waals surface area contributed by atoms with Crippen LogP contribution in [-0.4, -0.2) is 35.4 Å². The van der Waals surface area contributed by atoms with Gasteiger partial charge in [0.05, 0.1) is 17.2 Å². The average Bonchev–Trinajstić information content (AvgIpc) is 2.94. The zero-order valence-corrected chi connectivity index (χ0v) is 16.8. The molecule has 7 nitrogen and oxygen atoms in total. The molecule has 0 saturated heterocycles. The first-order valence-electron chi connectivity index (χ1n) is 8.47. The minimum Gasteiger partial charge on any atom is -0.448 e. The molecule has 0 unspecified atom stereocenters. The number of rotatable bonds is 6. The van der Waals surface area contributed by atoms with Crippen molar-refractivity contribution in [1.82, 2.24) is 10.3 Å². The van der Waals surface area contributed by atoms with Crippen LogP contribution in [0.1, 0.15) is 38.4 Å². The van der Waals surface area contributed by atoms with E-state index >= 15 is 0 Å². The summed E-state index contributed by atoms with van der Waals surface area (Å²) in [5.74, 6) is -1.49. The van der Waals surface area contributed by atoms with E-state index in [1.165, 1.54) is 18.3 Å². The van der Waals surface area contributed by atoms with Gasteiger partial charge in [-0.15, -0.1) is 11.3 Å². The van der Waals surface area contributed by atoms with Crippen molar-refractivity contribution in [2.24, 2.45) is 0 Å². The smallest absolute Gasteiger partial charge is 0.351 e. The molecule has 2 aromatic rings. The Balaban J connectivity index is 1.86. The Morgan fingerprint density at radius 2 is 1.78 bits per heavy atom. The van der Waals surface area contributed by atoms with E-state index in [1.807, 2.05) is 32.0 Å². The van der Waals surface area contributed by atoms with E-state index in [4.69, 9.17) is 4.74 Å². The first-order chi connectivity index (χ1) is 12.7. The van der Waals surface area contributed by atoms with Crippen LogP contribution >= 0.6 is 11.3 Å². The quantitative estimate of drug-likeness (QED) is 0.741. The molecule has 0 aliphatic heterocycles. The molecule has 0 aliphatic rings. The molecule has 0 radical (unpaired) electrons. The third-order valence-corrected chi connectivity index (χ3v) is 4.96. The van der Waals surface area contributed by atoms with Crippen LogP contribution in [0.25, 0.3) is 0 Å². The molecule has 2 amide bonds. The fourth-order valence-corrected chi connectivity index (χ4v) is 3.30. The Hall–Kier alpha value is -2.74. The molecule has 1 aromatic heterocycles. The number of aryl methyl sites for hydroxylation is 4. The molecule has 1 aromatic carbocycles. The van der Waals surface area contributed by atoms with Gasteiger partial charge < -0.3 is 15.4 Å². The number of anilines is 1. The highest BCUT2D eigenvalue weighted by molar-refractivity contribution is 7.13. The average molecular weight is 389 g/mol. The van der Waals surface area contributed by atoms with E-state index in [-0.39, 0.29) is 12.5 Å². The Morgan fingerprint density at radius 3 is 2.33 bits per heavy atom. The molecule has 1 atom stereocenters. The second-order valence-electron chi connectivity index (χ2n) is 6.23. The zero-order chi connectivity index (χ0) is 20.1. The lowest BCUT2D eigenvalue weighted by Gasteiger charge is -2.14. The number of esters is 1. The Bertz CT molecular complexity index is 856. The minimum atomic E-state index is -1.02. The van der Waals surface area contributed by atoms with Crippen molar-refractivity contribution in [3.05, 3.63) is 44.9 Å². The van der Waals surface area contributed by atoms with Crippen molar-refractivity contribution in [2.45, 2.75) is 40.7 Å². The lowest BCUT2D eigenvalue weighted by atomic mass is 10.1. The van der Waals surface area contributed by atoms with Gasteiger partial charge in [0.25, 0.3) is 5.91 Å². The molecule has 0 saturated carbocycles. The number of amides is 2. The molecule has 2 rings (SSSR count). The van der Waals surface area contributed by atoms with Gasteiger partial charge in [-0.3, -0.25) is 9.59 Å². The van der Waals surface area contributed by atoms with Crippen molar-refractivity contribution in [3.63, 3.8) is 0 Å². The SMILES string of the molecule is Cc1nc(C)c(C(=O)O[C@@H](C)C(=O)NCC(=O)Nc2c(C)cccc2C)s1. The van der Waals surface area contributed by atoms with Crippen molar-refractivity contribution in [2.75, 3.05) is 11.9 Å². The molecule has 2 N–H and O–H groups in total. The molecule has 0 spiro atoms. The van der Waals surface area contributed by atoms with Gasteiger partial charge in [-0.25, -0.2) is 9.78 Å². The van der Waals surface area contributed by atoms with Gasteiger partial charge in [0.2, 0.25) is 5.91 Å². The number of nitrogens with zero attached hydrogens (tertiary/aromatic N) is 1. The van der Waals surface area contributed by atoms with Crippen LogP contribution in [0, 0.1) is 27.7 Å². The third kappa shape index (κ3) is 5.37. The van der Waals surface area contributed by atoms with Gasteiger partial charge in [0.1, 0.15) is 4.88 Å². The Morgan fingerprint density at radius 1 is 1.15 bits per heavy atom. The van der Waals surface area contributed by atoms with Crippen molar-refractivity contribution >= 4 is 34.8 Å². The van der Waals surface area contributed by atoms with Crippen molar-refractivity contribution < 1.29 is 19.1 Å². The number of aromatic nitrogens is 1. The number of ether oxygens (including phenoxy) is 1. The minimum absolute atomic E-state index is 0.215. The standard InChI is InChI=1S/C19H23N3O4S/c1-10-7-6-8-11(2)16(10)22-15(23)9-20-18(24)13(4)26-19(25)17-12(3)21-14(5)27-17/h6-8,13H,9H2,1-5H3,(H,20,24)(H,22,23)/t13-/m0/s1. The molecule has 0 fully saturated rings. The summed E-state index contributed by atoms with van der Waals surface area (Å²) in [5, 5.41) is 6.01. The Kier molecular flexibility index (Phi) is 6.68. The molecular formula is C19H23N3O4S. The fourth-order valence-electron chi connectivity index (χ4n) is 2.49. The number of para-hydroxylation sites is 1. The number of nitrogens with one attached hydrogen (secondary N) is 2. The number of hydrogen-bond acceptors (Lipinski definition) is 6. The van der Waals surface area contributed by atoms with E-state index < -0.39 is 18.0 Å². The van der Waals surface area contributed by atoms with Crippen molar-refractivity contribution in [1.29, 1.82) is 0 Å². The predicted molar refractivity (Wildman–Crippen MR) is 104 cm³/mol. The highest BCUT2D eigenvalue weighted by Gasteiger charge is 2.22. The lowest BCUT2D eigenvalue weighted by molar-refractivity contribution is -0.130. The third-order valence-electron chi connectivity index (χ3n) is 3.91. The largest absolute Gasteiger partial charge is 0.448 e. The monoisotopic (exact) mass is 389 g/mol. The number of hydrogen-bond donors (Lipinski definition) is 2. The van der Waals surface area contributed by atoms with E-state index in [9.17, 15) is 14.4 Å². The van der Waals surface area contributed by atoms with E-state index in [1.54, 1.807) is 13.8 Å². The maximum Gasteiger partial charge on any atom is 0.351 e. The van der Waals surface area contributed by atoms with Crippen LogP contribution < -0.4 is 10.6 Å². The molecule has 27 heavy (non-hydrogen) atoms. The maximum atomic E-state index is 12.1. The fraction of sp³-hybridized carbons (Fsp3) is 0.368. The zero-order valence-electron chi connectivity index (χ0n) is 16.0. The van der Waals surface area contributed by atoms with E-state index in [2.05, 4.69) is 15.6 Å². The van der Waals surface area contributed by atoms with Gasteiger partial charge in [0, 0.05) is 5.69 Å².